The van der Waals surface area contributed by atoms with Crippen LogP contribution in [0.2, 0.25) is 0 Å². The minimum atomic E-state index is 0.00957. The molecule has 0 bridgehead atoms. The van der Waals surface area contributed by atoms with Crippen molar-refractivity contribution in [3.8, 4) is 0 Å². The minimum absolute atomic E-state index is 0.00957. The Morgan fingerprint density at radius 2 is 2.29 bits per heavy atom. The maximum absolute atomic E-state index is 5.23. The first-order valence-electron chi connectivity index (χ1n) is 5.48. The third kappa shape index (κ3) is 2.28. The fraction of sp³-hybridized carbons (Fsp3) is 0.167. The molecule has 0 saturated heterocycles. The molecule has 0 aliphatic heterocycles. The van der Waals surface area contributed by atoms with Gasteiger partial charge in [-0.1, -0.05) is 25.1 Å². The van der Waals surface area contributed by atoms with E-state index in [0.717, 1.165) is 22.9 Å². The lowest BCUT2D eigenvalue weighted by Crippen LogP contribution is -2.63. The lowest BCUT2D eigenvalue weighted by Gasteiger charge is -1.97. The molecule has 0 amide bonds. The zero-order chi connectivity index (χ0) is 12.3. The van der Waals surface area contributed by atoms with Crippen LogP contribution < -0.4 is 16.6 Å². The lowest BCUT2D eigenvalue weighted by atomic mass is 10.1. The van der Waals surface area contributed by atoms with Gasteiger partial charge in [0.15, 0.2) is 0 Å². The van der Waals surface area contributed by atoms with E-state index in [1.54, 1.807) is 6.21 Å². The number of nitrogens with one attached hydrogen (secondary N) is 2. The molecule has 88 valence electrons. The van der Waals surface area contributed by atoms with Gasteiger partial charge in [0.25, 0.3) is 5.96 Å². The molecular weight excluding hydrogens is 214 g/mol. The zero-order valence-corrected chi connectivity index (χ0v) is 9.70. The first kappa shape index (κ1) is 11.2. The van der Waals surface area contributed by atoms with Gasteiger partial charge in [0.1, 0.15) is 0 Å². The molecule has 1 aromatic carbocycles. The van der Waals surface area contributed by atoms with Crippen molar-refractivity contribution < 1.29 is 5.10 Å². The molecule has 5 heteroatoms. The SMILES string of the molecule is CCc1cccc2c(/C=[NH+]/N=C(N)N)c[nH]c12. The van der Waals surface area contributed by atoms with Crippen molar-refractivity contribution in [2.75, 3.05) is 0 Å². The number of fused-ring (bicyclic) bond motifs is 1. The second kappa shape index (κ2) is 4.69. The summed E-state index contributed by atoms with van der Waals surface area (Å²) in [5.74, 6) is 0.00957. The number of para-hydroxylation sites is 1. The Hall–Kier alpha value is -2.30. The highest BCUT2D eigenvalue weighted by molar-refractivity contribution is 5.98. The van der Waals surface area contributed by atoms with Gasteiger partial charge in [0.05, 0.1) is 5.56 Å². The molecule has 0 atom stereocenters. The molecule has 0 fully saturated rings. The van der Waals surface area contributed by atoms with Crippen LogP contribution in [0.5, 0.6) is 0 Å². The number of guanidine groups is 1. The monoisotopic (exact) mass is 230 g/mol. The average Bonchev–Trinajstić information content (AvgIpc) is 2.72. The van der Waals surface area contributed by atoms with Gasteiger partial charge < -0.3 is 16.5 Å². The van der Waals surface area contributed by atoms with Crippen LogP contribution in [0.25, 0.3) is 10.9 Å². The van der Waals surface area contributed by atoms with Crippen molar-refractivity contribution >= 4 is 23.1 Å². The second-order valence-electron chi connectivity index (χ2n) is 3.75. The molecule has 17 heavy (non-hydrogen) atoms. The van der Waals surface area contributed by atoms with Crippen molar-refractivity contribution in [1.82, 2.24) is 4.98 Å². The molecule has 0 aliphatic carbocycles. The summed E-state index contributed by atoms with van der Waals surface area (Å²) < 4.78 is 0. The summed E-state index contributed by atoms with van der Waals surface area (Å²) in [5, 5.41) is 7.57. The number of nitrogens with two attached hydrogens (primary N) is 2. The van der Waals surface area contributed by atoms with Gasteiger partial charge in [-0.05, 0) is 12.0 Å². The fourth-order valence-electron chi connectivity index (χ4n) is 1.83. The number of aromatic amines is 1. The van der Waals surface area contributed by atoms with Crippen LogP contribution in [0.3, 0.4) is 0 Å². The quantitative estimate of drug-likeness (QED) is 0.322. The molecular formula is C12H16N5+. The topological polar surface area (TPSA) is 94.2 Å². The highest BCUT2D eigenvalue weighted by Crippen LogP contribution is 2.20. The van der Waals surface area contributed by atoms with E-state index in [0.29, 0.717) is 0 Å². The summed E-state index contributed by atoms with van der Waals surface area (Å²) in [6, 6.07) is 6.23. The Morgan fingerprint density at radius 3 is 3.00 bits per heavy atom. The smallest absolute Gasteiger partial charge is 0.256 e. The zero-order valence-electron chi connectivity index (χ0n) is 9.70. The van der Waals surface area contributed by atoms with E-state index in [9.17, 15) is 0 Å². The molecule has 0 spiro atoms. The maximum atomic E-state index is 5.23. The maximum Gasteiger partial charge on any atom is 0.256 e. The number of aryl methyl sites for hydroxylation is 1. The van der Waals surface area contributed by atoms with E-state index in [1.165, 1.54) is 5.56 Å². The number of hydrogen-bond donors (Lipinski definition) is 4. The van der Waals surface area contributed by atoms with E-state index in [-0.39, 0.29) is 5.96 Å². The Bertz CT molecular complexity index is 576. The second-order valence-corrected chi connectivity index (χ2v) is 3.75. The molecule has 2 rings (SSSR count). The predicted molar refractivity (Wildman–Crippen MR) is 69.6 cm³/mol. The van der Waals surface area contributed by atoms with Gasteiger partial charge in [-0.3, -0.25) is 0 Å². The van der Waals surface area contributed by atoms with Gasteiger partial charge >= 0.3 is 0 Å². The summed E-state index contributed by atoms with van der Waals surface area (Å²) in [5.41, 5.74) is 13.9. The third-order valence-electron chi connectivity index (χ3n) is 2.63. The third-order valence-corrected chi connectivity index (χ3v) is 2.63. The standard InChI is InChI=1S/C12H15N5/c1-2-8-4-3-5-10-9(6-15-11(8)10)7-16-17-12(13)14/h3-7,15H,2H2,1H3,(H4,13,14,17)/p+1/b16-7+. The van der Waals surface area contributed by atoms with Crippen LogP contribution in [0.1, 0.15) is 18.1 Å². The van der Waals surface area contributed by atoms with Gasteiger partial charge in [0, 0.05) is 22.2 Å². The number of nitrogens with zero attached hydrogens (tertiary/aromatic N) is 1. The molecule has 1 aromatic heterocycles. The minimum Gasteiger partial charge on any atom is -0.365 e. The highest BCUT2D eigenvalue weighted by Gasteiger charge is 2.06. The summed E-state index contributed by atoms with van der Waals surface area (Å²) in [6.07, 6.45) is 4.69. The van der Waals surface area contributed by atoms with Crippen molar-refractivity contribution in [1.29, 1.82) is 0 Å². The van der Waals surface area contributed by atoms with Gasteiger partial charge in [-0.2, -0.15) is 0 Å². The molecule has 0 radical (unpaired) electrons. The van der Waals surface area contributed by atoms with E-state index < -0.39 is 0 Å². The molecule has 0 aliphatic rings. The first-order valence-corrected chi connectivity index (χ1v) is 5.48. The van der Waals surface area contributed by atoms with Crippen molar-refractivity contribution in [2.24, 2.45) is 16.6 Å². The summed E-state index contributed by atoms with van der Waals surface area (Å²) in [4.78, 5) is 3.26. The number of hydrazone groups is 1. The average molecular weight is 230 g/mol. The number of rotatable bonds is 3. The van der Waals surface area contributed by atoms with E-state index >= 15 is 0 Å². The van der Waals surface area contributed by atoms with Crippen LogP contribution >= 0.6 is 0 Å². The first-order chi connectivity index (χ1) is 8.22. The van der Waals surface area contributed by atoms with E-state index in [1.807, 2.05) is 12.3 Å². The number of aromatic nitrogens is 1. The van der Waals surface area contributed by atoms with Crippen molar-refractivity contribution in [3.05, 3.63) is 35.5 Å². The molecule has 6 N–H and O–H groups in total. The number of hydrogen-bond acceptors (Lipinski definition) is 1. The number of H-pyrrole nitrogens is 1. The van der Waals surface area contributed by atoms with Gasteiger partial charge in [0.2, 0.25) is 6.21 Å². The molecule has 5 nitrogen and oxygen atoms in total. The summed E-state index contributed by atoms with van der Waals surface area (Å²) in [7, 11) is 0. The normalized spacial score (nSPS) is 11.1. The van der Waals surface area contributed by atoms with Crippen LogP contribution in [0, 0.1) is 0 Å². The Balaban J connectivity index is 2.43. The molecule has 0 unspecified atom stereocenters. The highest BCUT2D eigenvalue weighted by atomic mass is 15.3. The lowest BCUT2D eigenvalue weighted by molar-refractivity contribution is -0.456. The van der Waals surface area contributed by atoms with E-state index in [2.05, 4.69) is 34.2 Å². The fourth-order valence-corrected chi connectivity index (χ4v) is 1.83. The molecule has 0 saturated carbocycles. The Morgan fingerprint density at radius 1 is 1.47 bits per heavy atom. The summed E-state index contributed by atoms with van der Waals surface area (Å²) in [6.45, 7) is 2.14. The van der Waals surface area contributed by atoms with Crippen LogP contribution in [-0.4, -0.2) is 17.2 Å². The van der Waals surface area contributed by atoms with Crippen molar-refractivity contribution in [2.45, 2.75) is 13.3 Å². The van der Waals surface area contributed by atoms with E-state index in [4.69, 9.17) is 11.5 Å². The predicted octanol–water partition coefficient (Wildman–Crippen LogP) is -0.582. The van der Waals surface area contributed by atoms with Gasteiger partial charge in [-0.15, -0.1) is 5.10 Å². The Kier molecular flexibility index (Phi) is 3.09. The van der Waals surface area contributed by atoms with Crippen LogP contribution in [0.15, 0.2) is 29.5 Å². The summed E-state index contributed by atoms with van der Waals surface area (Å²) >= 11 is 0. The van der Waals surface area contributed by atoms with Gasteiger partial charge in [-0.25, -0.2) is 0 Å². The van der Waals surface area contributed by atoms with Crippen LogP contribution in [0.4, 0.5) is 0 Å². The van der Waals surface area contributed by atoms with Crippen molar-refractivity contribution in [3.63, 3.8) is 0 Å². The Labute approximate surface area is 99.2 Å². The largest absolute Gasteiger partial charge is 0.365 e. The molecule has 1 heterocycles. The molecule has 2 aromatic rings. The van der Waals surface area contributed by atoms with Crippen LogP contribution in [-0.2, 0) is 6.42 Å². The number of benzene rings is 1.